The van der Waals surface area contributed by atoms with Gasteiger partial charge in [-0.3, -0.25) is 0 Å². The summed E-state index contributed by atoms with van der Waals surface area (Å²) >= 11 is 0. The van der Waals surface area contributed by atoms with Gasteiger partial charge < -0.3 is 5.32 Å². The second kappa shape index (κ2) is 8.57. The van der Waals surface area contributed by atoms with Crippen LogP contribution < -0.4 is 10.0 Å². The Morgan fingerprint density at radius 3 is 2.39 bits per heavy atom. The van der Waals surface area contributed by atoms with Gasteiger partial charge in [0.05, 0.1) is 21.7 Å². The minimum Gasteiger partial charge on any atom is -0.368 e. The van der Waals surface area contributed by atoms with Crippen LogP contribution in [-0.2, 0) is 10.0 Å². The van der Waals surface area contributed by atoms with Crippen LogP contribution in [-0.4, -0.2) is 41.3 Å². The zero-order valence-corrected chi connectivity index (χ0v) is 19.4. The van der Waals surface area contributed by atoms with Crippen LogP contribution in [0.5, 0.6) is 0 Å². The molecule has 1 fully saturated rings. The number of benzene rings is 2. The third-order valence-electron chi connectivity index (χ3n) is 5.70. The fraction of sp³-hybridized carbons (Fsp3) is 0.292. The lowest BCUT2D eigenvalue weighted by Crippen LogP contribution is -2.29. The molecule has 0 bridgehead atoms. The number of nitrogens with zero attached hydrogens (tertiary/aromatic N) is 4. The molecule has 1 aliphatic rings. The third kappa shape index (κ3) is 4.46. The van der Waals surface area contributed by atoms with E-state index in [4.69, 9.17) is 15.1 Å². The monoisotopic (exact) mass is 462 g/mol. The maximum atomic E-state index is 12.5. The fourth-order valence-corrected chi connectivity index (χ4v) is 4.82. The number of hydrogen-bond donors (Lipinski definition) is 2. The lowest BCUT2D eigenvalue weighted by atomic mass is 10.2. The van der Waals surface area contributed by atoms with Crippen molar-refractivity contribution in [3.05, 3.63) is 71.7 Å². The lowest BCUT2D eigenvalue weighted by molar-refractivity contribution is 0.583. The summed E-state index contributed by atoms with van der Waals surface area (Å²) in [4.78, 5) is 9.90. The maximum Gasteiger partial charge on any atom is 0.240 e. The number of rotatable bonds is 8. The highest BCUT2D eigenvalue weighted by molar-refractivity contribution is 7.89. The minimum absolute atomic E-state index is 0.229. The van der Waals surface area contributed by atoms with Crippen molar-refractivity contribution >= 4 is 26.9 Å². The first-order valence-electron chi connectivity index (χ1n) is 11.1. The minimum atomic E-state index is -3.55. The van der Waals surface area contributed by atoms with Crippen LogP contribution in [0.1, 0.15) is 35.8 Å². The Morgan fingerprint density at radius 1 is 0.970 bits per heavy atom. The second-order valence-corrected chi connectivity index (χ2v) is 10.1. The van der Waals surface area contributed by atoms with Crippen LogP contribution >= 0.6 is 0 Å². The molecule has 0 unspecified atom stereocenters. The molecule has 0 spiro atoms. The van der Waals surface area contributed by atoms with Gasteiger partial charge >= 0.3 is 0 Å². The molecule has 1 saturated carbocycles. The molecule has 0 radical (unpaired) electrons. The number of aromatic nitrogens is 4. The average Bonchev–Trinajstić information content (AvgIpc) is 3.61. The molecule has 0 amide bonds. The fourth-order valence-electron chi connectivity index (χ4n) is 3.77. The van der Waals surface area contributed by atoms with E-state index >= 15 is 0 Å². The SMILES string of the molecule is Cc1ccc(-n2nc(C)c3c(NCCNS(=O)(=O)c4ccccc4)nc(C4CC4)nc32)cc1. The van der Waals surface area contributed by atoms with Crippen LogP contribution in [0.3, 0.4) is 0 Å². The largest absolute Gasteiger partial charge is 0.368 e. The Bertz CT molecular complexity index is 1390. The third-order valence-corrected chi connectivity index (χ3v) is 7.18. The molecule has 0 atom stereocenters. The summed E-state index contributed by atoms with van der Waals surface area (Å²) in [7, 11) is -3.55. The number of anilines is 1. The zero-order valence-electron chi connectivity index (χ0n) is 18.6. The Kier molecular flexibility index (Phi) is 5.59. The summed E-state index contributed by atoms with van der Waals surface area (Å²) in [5.74, 6) is 1.87. The molecule has 2 aromatic carbocycles. The van der Waals surface area contributed by atoms with Crippen molar-refractivity contribution in [3.8, 4) is 5.69 Å². The van der Waals surface area contributed by atoms with Crippen molar-refractivity contribution in [1.29, 1.82) is 0 Å². The highest BCUT2D eigenvalue weighted by atomic mass is 32.2. The Hall–Kier alpha value is -3.30. The normalized spacial score (nSPS) is 14.0. The highest BCUT2D eigenvalue weighted by Gasteiger charge is 2.29. The molecule has 2 heterocycles. The van der Waals surface area contributed by atoms with Crippen molar-refractivity contribution < 1.29 is 8.42 Å². The first-order valence-corrected chi connectivity index (χ1v) is 12.5. The van der Waals surface area contributed by atoms with E-state index in [-0.39, 0.29) is 11.4 Å². The summed E-state index contributed by atoms with van der Waals surface area (Å²) in [6.45, 7) is 4.61. The van der Waals surface area contributed by atoms with E-state index in [9.17, 15) is 8.42 Å². The van der Waals surface area contributed by atoms with Gasteiger partial charge in [-0.05, 0) is 51.0 Å². The van der Waals surface area contributed by atoms with E-state index in [1.807, 2.05) is 23.7 Å². The molecule has 0 aliphatic heterocycles. The quantitative estimate of drug-likeness (QED) is 0.387. The number of fused-ring (bicyclic) bond motifs is 1. The standard InChI is InChI=1S/C24H26N6O2S/c1-16-8-12-19(13-9-16)30-24-21(17(2)29-30)23(27-22(28-24)18-10-11-18)25-14-15-26-33(31,32)20-6-4-3-5-7-20/h3-9,12-13,18,26H,10-11,14-15H2,1-2H3,(H,25,27,28). The van der Waals surface area contributed by atoms with Gasteiger partial charge in [-0.25, -0.2) is 27.8 Å². The Morgan fingerprint density at radius 2 is 1.70 bits per heavy atom. The Labute approximate surface area is 193 Å². The van der Waals surface area contributed by atoms with E-state index in [1.165, 1.54) is 5.56 Å². The first-order chi connectivity index (χ1) is 15.9. The molecule has 8 nitrogen and oxygen atoms in total. The molecular formula is C24H26N6O2S. The summed E-state index contributed by atoms with van der Waals surface area (Å²) in [6, 6.07) is 16.5. The van der Waals surface area contributed by atoms with Crippen molar-refractivity contribution in [1.82, 2.24) is 24.5 Å². The predicted molar refractivity (Wildman–Crippen MR) is 128 cm³/mol. The van der Waals surface area contributed by atoms with E-state index in [0.717, 1.165) is 41.1 Å². The number of nitrogens with one attached hydrogen (secondary N) is 2. The maximum absolute atomic E-state index is 12.5. The van der Waals surface area contributed by atoms with E-state index in [1.54, 1.807) is 30.3 Å². The molecule has 0 saturated heterocycles. The van der Waals surface area contributed by atoms with Crippen molar-refractivity contribution in [2.75, 3.05) is 18.4 Å². The van der Waals surface area contributed by atoms with Crippen LogP contribution in [0, 0.1) is 13.8 Å². The summed E-state index contributed by atoms with van der Waals surface area (Å²) in [5, 5.41) is 8.91. The molecule has 9 heteroatoms. The van der Waals surface area contributed by atoms with Crippen molar-refractivity contribution in [2.45, 2.75) is 37.5 Å². The first kappa shape index (κ1) is 21.5. The van der Waals surface area contributed by atoms with Gasteiger partial charge in [-0.2, -0.15) is 5.10 Å². The molecule has 4 aromatic rings. The summed E-state index contributed by atoms with van der Waals surface area (Å²) in [5.41, 5.74) is 3.71. The lowest BCUT2D eigenvalue weighted by Gasteiger charge is -2.11. The molecule has 170 valence electrons. The smallest absolute Gasteiger partial charge is 0.240 e. The van der Waals surface area contributed by atoms with E-state index in [0.29, 0.717) is 18.3 Å². The van der Waals surface area contributed by atoms with Gasteiger partial charge in [0.25, 0.3) is 0 Å². The summed E-state index contributed by atoms with van der Waals surface area (Å²) in [6.07, 6.45) is 2.17. The molecule has 2 aromatic heterocycles. The average molecular weight is 463 g/mol. The van der Waals surface area contributed by atoms with Crippen LogP contribution in [0.15, 0.2) is 59.5 Å². The number of sulfonamides is 1. The summed E-state index contributed by atoms with van der Waals surface area (Å²) < 4.78 is 29.4. The van der Waals surface area contributed by atoms with Gasteiger partial charge in [-0.15, -0.1) is 0 Å². The molecule has 2 N–H and O–H groups in total. The van der Waals surface area contributed by atoms with Crippen LogP contribution in [0.2, 0.25) is 0 Å². The molecule has 5 rings (SSSR count). The van der Waals surface area contributed by atoms with Gasteiger partial charge in [-0.1, -0.05) is 35.9 Å². The highest BCUT2D eigenvalue weighted by Crippen LogP contribution is 2.40. The van der Waals surface area contributed by atoms with E-state index in [2.05, 4.69) is 29.1 Å². The van der Waals surface area contributed by atoms with Crippen molar-refractivity contribution in [3.63, 3.8) is 0 Å². The van der Waals surface area contributed by atoms with Crippen molar-refractivity contribution in [2.24, 2.45) is 0 Å². The second-order valence-electron chi connectivity index (χ2n) is 8.37. The molecule has 33 heavy (non-hydrogen) atoms. The number of aryl methyl sites for hydroxylation is 2. The van der Waals surface area contributed by atoms with Gasteiger partial charge in [0.2, 0.25) is 10.0 Å². The topological polar surface area (TPSA) is 102 Å². The molecule has 1 aliphatic carbocycles. The van der Waals surface area contributed by atoms with E-state index < -0.39 is 10.0 Å². The van der Waals surface area contributed by atoms with Gasteiger partial charge in [0.1, 0.15) is 11.6 Å². The van der Waals surface area contributed by atoms with Gasteiger partial charge in [0, 0.05) is 19.0 Å². The Balaban J connectivity index is 1.41. The van der Waals surface area contributed by atoms with Gasteiger partial charge in [0.15, 0.2) is 5.65 Å². The number of hydrogen-bond acceptors (Lipinski definition) is 6. The predicted octanol–water partition coefficient (Wildman–Crippen LogP) is 3.70. The van der Waals surface area contributed by atoms with Crippen LogP contribution in [0.4, 0.5) is 5.82 Å². The zero-order chi connectivity index (χ0) is 23.0. The van der Waals surface area contributed by atoms with Crippen LogP contribution in [0.25, 0.3) is 16.7 Å². The molecular weight excluding hydrogens is 436 g/mol.